The molecule has 0 amide bonds. The average Bonchev–Trinajstić information content (AvgIpc) is 3.82. The van der Waals surface area contributed by atoms with Gasteiger partial charge in [0.15, 0.2) is 11.6 Å². The van der Waals surface area contributed by atoms with Gasteiger partial charge in [-0.1, -0.05) is 170 Å². The molecule has 0 bridgehead atoms. The second-order valence-electron chi connectivity index (χ2n) is 13.6. The normalized spacial score (nSPS) is 11.7. The van der Waals surface area contributed by atoms with Gasteiger partial charge in [0.1, 0.15) is 0 Å². The van der Waals surface area contributed by atoms with Gasteiger partial charge in [-0.25, -0.2) is 4.98 Å². The molecule has 0 aliphatic rings. The summed E-state index contributed by atoms with van der Waals surface area (Å²) in [6.45, 7) is 0. The number of rotatable bonds is 5. The van der Waals surface area contributed by atoms with E-state index in [4.69, 9.17) is 15.0 Å². The van der Waals surface area contributed by atoms with E-state index >= 15 is 0 Å². The first kappa shape index (κ1) is 30.7. The third kappa shape index (κ3) is 4.86. The van der Waals surface area contributed by atoms with Crippen LogP contribution in [-0.4, -0.2) is 19.5 Å². The van der Waals surface area contributed by atoms with Crippen LogP contribution >= 0.6 is 11.3 Å². The van der Waals surface area contributed by atoms with Crippen molar-refractivity contribution in [1.82, 2.24) is 19.5 Å². The summed E-state index contributed by atoms with van der Waals surface area (Å²) in [6.07, 6.45) is 0. The summed E-state index contributed by atoms with van der Waals surface area (Å²) >= 11 is 1.84. The highest BCUT2D eigenvalue weighted by Crippen LogP contribution is 2.47. The monoisotopic (exact) mass is 706 g/mol. The predicted molar refractivity (Wildman–Crippen MR) is 226 cm³/mol. The summed E-state index contributed by atoms with van der Waals surface area (Å²) < 4.78 is 4.76. The zero-order valence-electron chi connectivity index (χ0n) is 29.0. The number of para-hydroxylation sites is 1. The molecule has 0 fully saturated rings. The number of fused-ring (bicyclic) bond motifs is 10. The van der Waals surface area contributed by atoms with Crippen LogP contribution in [0.1, 0.15) is 0 Å². The standard InChI is InChI=1S/C49H30N4S/c1-3-13-31(14-4-1)33-23-27-35(28-24-33)47-50-48(36-29-25-34(26-30-36)32-15-5-2-6-16-32)52-49(51-47)53-41-21-11-9-19-39(41)43-37-17-7-8-18-38(37)44-40-20-10-12-22-42(40)54-46(44)45(43)53/h1-30H. The molecule has 8 aromatic carbocycles. The third-order valence-electron chi connectivity index (χ3n) is 10.5. The molecule has 0 saturated heterocycles. The fourth-order valence-electron chi connectivity index (χ4n) is 7.94. The summed E-state index contributed by atoms with van der Waals surface area (Å²) in [5.41, 5.74) is 8.67. The largest absolute Gasteiger partial charge is 0.276 e. The van der Waals surface area contributed by atoms with Gasteiger partial charge in [-0.05, 0) is 45.2 Å². The van der Waals surface area contributed by atoms with Crippen molar-refractivity contribution in [3.63, 3.8) is 0 Å². The third-order valence-corrected chi connectivity index (χ3v) is 11.7. The quantitative estimate of drug-likeness (QED) is 0.179. The van der Waals surface area contributed by atoms with Crippen molar-refractivity contribution in [2.75, 3.05) is 0 Å². The van der Waals surface area contributed by atoms with Gasteiger partial charge in [-0.15, -0.1) is 11.3 Å². The highest BCUT2D eigenvalue weighted by molar-refractivity contribution is 7.27. The molecule has 11 rings (SSSR count). The van der Waals surface area contributed by atoms with Crippen LogP contribution in [0.3, 0.4) is 0 Å². The number of nitrogens with zero attached hydrogens (tertiary/aromatic N) is 4. The van der Waals surface area contributed by atoms with Crippen LogP contribution in [0.2, 0.25) is 0 Å². The second-order valence-corrected chi connectivity index (χ2v) is 14.6. The van der Waals surface area contributed by atoms with Gasteiger partial charge in [0.2, 0.25) is 5.95 Å². The molecule has 3 heterocycles. The molecule has 0 unspecified atom stereocenters. The minimum Gasteiger partial charge on any atom is -0.276 e. The van der Waals surface area contributed by atoms with Crippen LogP contribution in [-0.2, 0) is 0 Å². The van der Waals surface area contributed by atoms with E-state index in [-0.39, 0.29) is 0 Å². The number of aromatic nitrogens is 4. The van der Waals surface area contributed by atoms with Crippen molar-refractivity contribution in [1.29, 1.82) is 0 Å². The minimum absolute atomic E-state index is 0.592. The van der Waals surface area contributed by atoms with Gasteiger partial charge in [0, 0.05) is 37.4 Å². The van der Waals surface area contributed by atoms with Crippen LogP contribution in [0.15, 0.2) is 182 Å². The number of hydrogen-bond acceptors (Lipinski definition) is 4. The van der Waals surface area contributed by atoms with E-state index in [0.29, 0.717) is 17.6 Å². The molecule has 0 spiro atoms. The first-order valence-electron chi connectivity index (χ1n) is 18.1. The molecule has 3 aromatic heterocycles. The SMILES string of the molecule is c1ccc(-c2ccc(-c3nc(-c4ccc(-c5ccccc5)cc4)nc(-n4c5ccccc5c5c6ccccc6c6c7ccccc7sc6c54)n3)cc2)cc1. The molecule has 54 heavy (non-hydrogen) atoms. The Kier molecular flexibility index (Phi) is 7.00. The summed E-state index contributed by atoms with van der Waals surface area (Å²) in [5, 5.41) is 7.40. The average molecular weight is 707 g/mol. The van der Waals surface area contributed by atoms with Crippen molar-refractivity contribution < 1.29 is 0 Å². The zero-order chi connectivity index (χ0) is 35.6. The molecular weight excluding hydrogens is 677 g/mol. The minimum atomic E-state index is 0.592. The fraction of sp³-hybridized carbons (Fsp3) is 0. The van der Waals surface area contributed by atoms with Crippen molar-refractivity contribution in [2.24, 2.45) is 0 Å². The van der Waals surface area contributed by atoms with Crippen molar-refractivity contribution in [2.45, 2.75) is 0 Å². The van der Waals surface area contributed by atoms with E-state index in [2.05, 4.69) is 174 Å². The Balaban J connectivity index is 1.20. The summed E-state index contributed by atoms with van der Waals surface area (Å²) in [4.78, 5) is 15.8. The maximum atomic E-state index is 5.33. The highest BCUT2D eigenvalue weighted by atomic mass is 32.1. The van der Waals surface area contributed by atoms with Crippen LogP contribution < -0.4 is 0 Å². The lowest BCUT2D eigenvalue weighted by atomic mass is 9.99. The van der Waals surface area contributed by atoms with Crippen LogP contribution in [0, 0.1) is 0 Å². The van der Waals surface area contributed by atoms with E-state index in [1.54, 1.807) is 0 Å². The second kappa shape index (κ2) is 12.3. The van der Waals surface area contributed by atoms with Crippen LogP contribution in [0.4, 0.5) is 0 Å². The lowest BCUT2D eigenvalue weighted by Gasteiger charge is -2.12. The van der Waals surface area contributed by atoms with Gasteiger partial charge in [-0.2, -0.15) is 9.97 Å². The first-order chi connectivity index (χ1) is 26.8. The Hall–Kier alpha value is -6.95. The first-order valence-corrected chi connectivity index (χ1v) is 18.9. The Labute approximate surface area is 315 Å². The lowest BCUT2D eigenvalue weighted by Crippen LogP contribution is -2.06. The number of hydrogen-bond donors (Lipinski definition) is 0. The molecule has 4 nitrogen and oxygen atoms in total. The number of benzene rings is 8. The number of thiophene rings is 1. The van der Waals surface area contributed by atoms with Crippen LogP contribution in [0.5, 0.6) is 0 Å². The summed E-state index contributed by atoms with van der Waals surface area (Å²) in [6, 6.07) is 64.2. The molecule has 11 aromatic rings. The Morgan fingerprint density at radius 2 is 0.796 bits per heavy atom. The predicted octanol–water partition coefficient (Wildman–Crippen LogP) is 13.2. The molecule has 0 atom stereocenters. The molecule has 0 saturated carbocycles. The summed E-state index contributed by atoms with van der Waals surface area (Å²) in [7, 11) is 0. The molecule has 5 heteroatoms. The van der Waals surface area contributed by atoms with Crippen LogP contribution in [0.25, 0.3) is 104 Å². The van der Waals surface area contributed by atoms with E-state index in [1.165, 1.54) is 52.8 Å². The van der Waals surface area contributed by atoms with Gasteiger partial charge < -0.3 is 0 Å². The van der Waals surface area contributed by atoms with E-state index < -0.39 is 0 Å². The summed E-state index contributed by atoms with van der Waals surface area (Å²) in [5.74, 6) is 1.84. The van der Waals surface area contributed by atoms with Gasteiger partial charge in [-0.3, -0.25) is 4.57 Å². The zero-order valence-corrected chi connectivity index (χ0v) is 29.8. The molecule has 0 radical (unpaired) electrons. The van der Waals surface area contributed by atoms with Gasteiger partial charge in [0.25, 0.3) is 0 Å². The Morgan fingerprint density at radius 1 is 0.352 bits per heavy atom. The Morgan fingerprint density at radius 3 is 1.39 bits per heavy atom. The topological polar surface area (TPSA) is 43.6 Å². The maximum Gasteiger partial charge on any atom is 0.238 e. The molecule has 252 valence electrons. The van der Waals surface area contributed by atoms with Crippen molar-refractivity contribution in [3.05, 3.63) is 182 Å². The van der Waals surface area contributed by atoms with Gasteiger partial charge in [0.05, 0.1) is 15.7 Å². The Bertz CT molecular complexity index is 3080. The molecular formula is C49H30N4S. The fourth-order valence-corrected chi connectivity index (χ4v) is 9.20. The maximum absolute atomic E-state index is 5.33. The highest BCUT2D eigenvalue weighted by Gasteiger charge is 2.24. The van der Waals surface area contributed by atoms with E-state index in [0.717, 1.165) is 33.3 Å². The lowest BCUT2D eigenvalue weighted by molar-refractivity contribution is 0.955. The van der Waals surface area contributed by atoms with E-state index in [9.17, 15) is 0 Å². The van der Waals surface area contributed by atoms with Gasteiger partial charge >= 0.3 is 0 Å². The van der Waals surface area contributed by atoms with Crippen molar-refractivity contribution in [3.8, 4) is 51.0 Å². The molecule has 0 aliphatic heterocycles. The smallest absolute Gasteiger partial charge is 0.238 e. The van der Waals surface area contributed by atoms with E-state index in [1.807, 2.05) is 23.5 Å². The molecule has 0 aliphatic carbocycles. The van der Waals surface area contributed by atoms with Crippen molar-refractivity contribution >= 4 is 64.1 Å². The molecule has 0 N–H and O–H groups in total.